The van der Waals surface area contributed by atoms with Crippen molar-refractivity contribution in [1.82, 2.24) is 10.2 Å². The average molecular weight is 334 g/mol. The number of rotatable bonds is 4. The summed E-state index contributed by atoms with van der Waals surface area (Å²) in [4.78, 5) is 0. The minimum atomic E-state index is -4.52. The van der Waals surface area contributed by atoms with E-state index >= 15 is 0 Å². The Balaban J connectivity index is 2.25. The smallest absolute Gasteiger partial charge is 0.416 e. The van der Waals surface area contributed by atoms with Crippen LogP contribution in [0.15, 0.2) is 28.7 Å². The highest BCUT2D eigenvalue weighted by molar-refractivity contribution is 7.90. The Hall–Kier alpha value is -1.90. The number of halogens is 3. The fourth-order valence-corrected chi connectivity index (χ4v) is 3.12. The van der Waals surface area contributed by atoms with E-state index in [2.05, 4.69) is 10.2 Å². The maximum atomic E-state index is 12.6. The Kier molecular flexibility index (Phi) is 4.28. The van der Waals surface area contributed by atoms with Gasteiger partial charge in [-0.05, 0) is 18.6 Å². The lowest BCUT2D eigenvalue weighted by Gasteiger charge is -2.11. The number of aromatic nitrogens is 2. The zero-order valence-electron chi connectivity index (χ0n) is 11.8. The Labute approximate surface area is 125 Å². The highest BCUT2D eigenvalue weighted by Gasteiger charge is 2.32. The monoisotopic (exact) mass is 334 g/mol. The third-order valence-corrected chi connectivity index (χ3v) is 5.06. The van der Waals surface area contributed by atoms with E-state index in [-0.39, 0.29) is 17.3 Å². The fourth-order valence-electron chi connectivity index (χ4n) is 1.82. The van der Waals surface area contributed by atoms with E-state index in [9.17, 15) is 21.6 Å². The van der Waals surface area contributed by atoms with Crippen LogP contribution in [0.5, 0.6) is 0 Å². The highest BCUT2D eigenvalue weighted by atomic mass is 32.2. The molecule has 0 radical (unpaired) electrons. The molecule has 0 saturated carbocycles. The highest BCUT2D eigenvalue weighted by Crippen LogP contribution is 2.31. The largest absolute Gasteiger partial charge is 0.424 e. The summed E-state index contributed by atoms with van der Waals surface area (Å²) in [6.45, 7) is 2.87. The van der Waals surface area contributed by atoms with Crippen molar-refractivity contribution in [3.05, 3.63) is 47.2 Å². The van der Waals surface area contributed by atoms with E-state index in [0.717, 1.165) is 12.1 Å². The molecule has 0 saturated heterocycles. The Morgan fingerprint density at radius 1 is 1.27 bits per heavy atom. The van der Waals surface area contributed by atoms with Crippen molar-refractivity contribution in [2.24, 2.45) is 0 Å². The maximum Gasteiger partial charge on any atom is 0.416 e. The molecule has 1 aromatic carbocycles. The van der Waals surface area contributed by atoms with Gasteiger partial charge in [-0.2, -0.15) is 13.2 Å². The molecular formula is C13H13F3N2O3S. The van der Waals surface area contributed by atoms with Crippen molar-refractivity contribution in [3.8, 4) is 0 Å². The van der Waals surface area contributed by atoms with Crippen molar-refractivity contribution in [1.29, 1.82) is 0 Å². The summed E-state index contributed by atoms with van der Waals surface area (Å²) in [6, 6.07) is 4.22. The summed E-state index contributed by atoms with van der Waals surface area (Å²) < 4.78 is 67.5. The molecule has 0 fully saturated rings. The first kappa shape index (κ1) is 16.5. The van der Waals surface area contributed by atoms with E-state index in [0.29, 0.717) is 0 Å². The molecule has 2 aromatic rings. The average Bonchev–Trinajstić information content (AvgIpc) is 2.83. The van der Waals surface area contributed by atoms with Gasteiger partial charge in [0.25, 0.3) is 0 Å². The van der Waals surface area contributed by atoms with E-state index in [1.165, 1.54) is 26.0 Å². The second-order valence-corrected chi connectivity index (χ2v) is 7.13. The Bertz CT molecular complexity index is 769. The van der Waals surface area contributed by atoms with Crippen molar-refractivity contribution in [2.75, 3.05) is 0 Å². The first-order valence-corrected chi connectivity index (χ1v) is 7.99. The molecule has 0 unspecified atom stereocenters. The number of sulfone groups is 1. The van der Waals surface area contributed by atoms with Crippen LogP contribution in [0.1, 0.15) is 35.1 Å². The lowest BCUT2D eigenvalue weighted by Crippen LogP contribution is -2.14. The third kappa shape index (κ3) is 3.65. The summed E-state index contributed by atoms with van der Waals surface area (Å²) in [5, 5.41) is 6.09. The van der Waals surface area contributed by atoms with Gasteiger partial charge in [0.1, 0.15) is 5.25 Å². The van der Waals surface area contributed by atoms with Crippen LogP contribution < -0.4 is 0 Å². The number of aryl methyl sites for hydroxylation is 1. The molecular weight excluding hydrogens is 321 g/mol. The minimum absolute atomic E-state index is 0.0536. The summed E-state index contributed by atoms with van der Waals surface area (Å²) in [7, 11) is -3.78. The van der Waals surface area contributed by atoms with Gasteiger partial charge in [0.15, 0.2) is 9.84 Å². The van der Waals surface area contributed by atoms with E-state index < -0.39 is 32.6 Å². The van der Waals surface area contributed by atoms with Gasteiger partial charge in [-0.15, -0.1) is 10.2 Å². The molecule has 9 heteroatoms. The van der Waals surface area contributed by atoms with Gasteiger partial charge in [0.2, 0.25) is 11.8 Å². The quantitative estimate of drug-likeness (QED) is 0.859. The Morgan fingerprint density at radius 2 is 1.95 bits per heavy atom. The predicted molar refractivity (Wildman–Crippen MR) is 71.5 cm³/mol. The molecule has 0 N–H and O–H groups in total. The number of benzene rings is 1. The first-order chi connectivity index (χ1) is 10.1. The lowest BCUT2D eigenvalue weighted by molar-refractivity contribution is -0.137. The molecule has 0 spiro atoms. The summed E-state index contributed by atoms with van der Waals surface area (Å²) in [6.07, 6.45) is -4.52. The van der Waals surface area contributed by atoms with Crippen LogP contribution in [0.4, 0.5) is 13.2 Å². The van der Waals surface area contributed by atoms with Crippen LogP contribution in [-0.2, 0) is 21.8 Å². The number of alkyl halides is 3. The van der Waals surface area contributed by atoms with Gasteiger partial charge in [0, 0.05) is 6.92 Å². The summed E-state index contributed by atoms with van der Waals surface area (Å²) in [5.74, 6) is -0.403. The zero-order valence-corrected chi connectivity index (χ0v) is 12.6. The van der Waals surface area contributed by atoms with Gasteiger partial charge in [-0.25, -0.2) is 8.42 Å². The summed E-state index contributed by atoms with van der Waals surface area (Å²) >= 11 is 0. The molecule has 1 heterocycles. The van der Waals surface area contributed by atoms with Gasteiger partial charge < -0.3 is 4.42 Å². The van der Waals surface area contributed by atoms with Crippen molar-refractivity contribution < 1.29 is 26.0 Å². The van der Waals surface area contributed by atoms with Crippen LogP contribution in [0.3, 0.4) is 0 Å². The lowest BCUT2D eigenvalue weighted by atomic mass is 10.1. The van der Waals surface area contributed by atoms with Gasteiger partial charge >= 0.3 is 6.18 Å². The molecule has 120 valence electrons. The van der Waals surface area contributed by atoms with Crippen molar-refractivity contribution in [2.45, 2.75) is 31.0 Å². The van der Waals surface area contributed by atoms with Crippen LogP contribution in [0, 0.1) is 6.92 Å². The van der Waals surface area contributed by atoms with E-state index in [1.807, 2.05) is 0 Å². The first-order valence-electron chi connectivity index (χ1n) is 6.27. The second kappa shape index (κ2) is 5.71. The predicted octanol–water partition coefficient (Wildman–Crippen LogP) is 3.07. The van der Waals surface area contributed by atoms with Crippen LogP contribution in [0.2, 0.25) is 0 Å². The molecule has 1 aromatic heterocycles. The molecule has 0 aliphatic carbocycles. The molecule has 0 aliphatic rings. The maximum absolute atomic E-state index is 12.6. The van der Waals surface area contributed by atoms with Crippen molar-refractivity contribution >= 4 is 9.84 Å². The molecule has 0 aliphatic heterocycles. The fraction of sp³-hybridized carbons (Fsp3) is 0.385. The number of hydrogen-bond acceptors (Lipinski definition) is 5. The van der Waals surface area contributed by atoms with Crippen LogP contribution >= 0.6 is 0 Å². The SMILES string of the molecule is Cc1nnc([C@H](C)S(=O)(=O)Cc2cccc(C(F)(F)F)c2)o1. The Morgan fingerprint density at radius 3 is 2.50 bits per heavy atom. The molecule has 0 bridgehead atoms. The molecule has 2 rings (SSSR count). The summed E-state index contributed by atoms with van der Waals surface area (Å²) in [5.41, 5.74) is -0.834. The normalized spacial score (nSPS) is 14.0. The topological polar surface area (TPSA) is 73.1 Å². The zero-order chi connectivity index (χ0) is 16.5. The molecule has 5 nitrogen and oxygen atoms in total. The molecule has 0 amide bonds. The number of hydrogen-bond donors (Lipinski definition) is 0. The van der Waals surface area contributed by atoms with E-state index in [1.54, 1.807) is 0 Å². The third-order valence-electron chi connectivity index (χ3n) is 3.05. The number of nitrogens with zero attached hydrogens (tertiary/aromatic N) is 2. The molecule has 1 atom stereocenters. The standard InChI is InChI=1S/C13H13F3N2O3S/c1-8(12-18-17-9(2)21-12)22(19,20)7-10-4-3-5-11(6-10)13(14,15)16/h3-6,8H,7H2,1-2H3/t8-/m0/s1. The van der Waals surface area contributed by atoms with Gasteiger partial charge in [-0.3, -0.25) is 0 Å². The van der Waals surface area contributed by atoms with E-state index in [4.69, 9.17) is 4.42 Å². The minimum Gasteiger partial charge on any atom is -0.424 e. The molecule has 22 heavy (non-hydrogen) atoms. The van der Waals surface area contributed by atoms with Crippen LogP contribution in [0.25, 0.3) is 0 Å². The van der Waals surface area contributed by atoms with Crippen molar-refractivity contribution in [3.63, 3.8) is 0 Å². The van der Waals surface area contributed by atoms with Crippen LogP contribution in [-0.4, -0.2) is 18.6 Å². The van der Waals surface area contributed by atoms with Gasteiger partial charge in [0.05, 0.1) is 11.3 Å². The van der Waals surface area contributed by atoms with Gasteiger partial charge in [-0.1, -0.05) is 18.2 Å². The second-order valence-electron chi connectivity index (χ2n) is 4.81.